The molecule has 0 aromatic carbocycles. The normalized spacial score (nSPS) is 20.2. The van der Waals surface area contributed by atoms with Crippen molar-refractivity contribution in [2.24, 2.45) is 0 Å². The highest BCUT2D eigenvalue weighted by atomic mass is 19.4. The number of carboxylic acids is 1. The molecule has 1 atom stereocenters. The monoisotopic (exact) mass is 235 g/mol. The Bertz CT molecular complexity index is 366. The SMILES string of the molecule is O=C(O)C#CC1CCCN1C(=O)C(F)(F)F. The minimum atomic E-state index is -4.94. The van der Waals surface area contributed by atoms with Crippen LogP contribution < -0.4 is 0 Å². The summed E-state index contributed by atoms with van der Waals surface area (Å²) >= 11 is 0. The second kappa shape index (κ2) is 4.43. The van der Waals surface area contributed by atoms with Gasteiger partial charge in [0, 0.05) is 12.5 Å². The third-order valence-electron chi connectivity index (χ3n) is 2.10. The molecule has 0 aromatic rings. The molecule has 16 heavy (non-hydrogen) atoms. The lowest BCUT2D eigenvalue weighted by atomic mass is 10.2. The number of hydrogen-bond acceptors (Lipinski definition) is 2. The largest absolute Gasteiger partial charge is 0.472 e. The van der Waals surface area contributed by atoms with Crippen molar-refractivity contribution in [2.75, 3.05) is 6.54 Å². The summed E-state index contributed by atoms with van der Waals surface area (Å²) in [5, 5.41) is 8.26. The molecule has 88 valence electrons. The van der Waals surface area contributed by atoms with Crippen molar-refractivity contribution in [2.45, 2.75) is 25.1 Å². The third-order valence-corrected chi connectivity index (χ3v) is 2.10. The molecule has 4 nitrogen and oxygen atoms in total. The molecule has 1 aliphatic heterocycles. The summed E-state index contributed by atoms with van der Waals surface area (Å²) in [7, 11) is 0. The Morgan fingerprint density at radius 2 is 2.00 bits per heavy atom. The van der Waals surface area contributed by atoms with E-state index in [-0.39, 0.29) is 13.0 Å². The zero-order valence-corrected chi connectivity index (χ0v) is 8.04. The number of nitrogens with zero attached hydrogens (tertiary/aromatic N) is 1. The average molecular weight is 235 g/mol. The highest BCUT2D eigenvalue weighted by Gasteiger charge is 2.45. The summed E-state index contributed by atoms with van der Waals surface area (Å²) in [5.41, 5.74) is 0. The van der Waals surface area contributed by atoms with Crippen LogP contribution in [0.2, 0.25) is 0 Å². The van der Waals surface area contributed by atoms with Gasteiger partial charge in [0.15, 0.2) is 0 Å². The lowest BCUT2D eigenvalue weighted by molar-refractivity contribution is -0.185. The first-order valence-corrected chi connectivity index (χ1v) is 4.44. The molecule has 7 heteroatoms. The maximum absolute atomic E-state index is 12.1. The van der Waals surface area contributed by atoms with Crippen LogP contribution in [0.1, 0.15) is 12.8 Å². The van der Waals surface area contributed by atoms with Crippen molar-refractivity contribution in [3.8, 4) is 11.8 Å². The fourth-order valence-electron chi connectivity index (χ4n) is 1.47. The second-order valence-electron chi connectivity index (χ2n) is 3.23. The molecule has 1 unspecified atom stereocenters. The fraction of sp³-hybridized carbons (Fsp3) is 0.556. The van der Waals surface area contributed by atoms with E-state index >= 15 is 0 Å². The second-order valence-corrected chi connectivity index (χ2v) is 3.23. The molecule has 1 saturated heterocycles. The van der Waals surface area contributed by atoms with Gasteiger partial charge < -0.3 is 10.0 Å². The van der Waals surface area contributed by atoms with Gasteiger partial charge in [-0.3, -0.25) is 4.79 Å². The summed E-state index contributed by atoms with van der Waals surface area (Å²) < 4.78 is 36.4. The molecular weight excluding hydrogens is 227 g/mol. The van der Waals surface area contributed by atoms with Gasteiger partial charge in [-0.1, -0.05) is 5.92 Å². The van der Waals surface area contributed by atoms with E-state index in [4.69, 9.17) is 5.11 Å². The van der Waals surface area contributed by atoms with Gasteiger partial charge in [-0.05, 0) is 12.8 Å². The number of carbonyl (C=O) groups excluding carboxylic acids is 1. The van der Waals surface area contributed by atoms with E-state index in [1.54, 1.807) is 5.92 Å². The predicted octanol–water partition coefficient (Wildman–Crippen LogP) is 0.628. The molecule has 1 fully saturated rings. The van der Waals surface area contributed by atoms with Gasteiger partial charge in [-0.25, -0.2) is 4.79 Å². The molecule has 1 amide bonds. The maximum atomic E-state index is 12.1. The van der Waals surface area contributed by atoms with E-state index in [1.807, 2.05) is 0 Å². The Balaban J connectivity index is 2.78. The zero-order chi connectivity index (χ0) is 12.3. The highest BCUT2D eigenvalue weighted by Crippen LogP contribution is 2.25. The van der Waals surface area contributed by atoms with Crippen LogP contribution >= 0.6 is 0 Å². The Kier molecular flexibility index (Phi) is 3.42. The van der Waals surface area contributed by atoms with Gasteiger partial charge in [0.1, 0.15) is 0 Å². The zero-order valence-electron chi connectivity index (χ0n) is 8.04. The third kappa shape index (κ3) is 2.89. The number of amides is 1. The first-order chi connectivity index (χ1) is 7.32. The van der Waals surface area contributed by atoms with E-state index in [1.165, 1.54) is 0 Å². The molecule has 0 aromatic heterocycles. The molecule has 0 bridgehead atoms. The number of rotatable bonds is 0. The standard InChI is InChI=1S/C9H8F3NO3/c10-9(11,12)8(16)13-5-1-2-6(13)3-4-7(14)15/h6H,1-2,5H2,(H,14,15). The van der Waals surface area contributed by atoms with E-state index < -0.39 is 24.1 Å². The minimum absolute atomic E-state index is 0.0443. The molecule has 0 radical (unpaired) electrons. The van der Waals surface area contributed by atoms with Crippen molar-refractivity contribution in [1.29, 1.82) is 0 Å². The molecule has 0 saturated carbocycles. The first kappa shape index (κ1) is 12.4. The van der Waals surface area contributed by atoms with Crippen LogP contribution in [0.5, 0.6) is 0 Å². The molecule has 0 aliphatic carbocycles. The quantitative estimate of drug-likeness (QED) is 0.626. The average Bonchev–Trinajstić information content (AvgIpc) is 2.59. The Labute approximate surface area is 89.0 Å². The van der Waals surface area contributed by atoms with Crippen LogP contribution in [0.15, 0.2) is 0 Å². The lowest BCUT2D eigenvalue weighted by Gasteiger charge is -2.21. The van der Waals surface area contributed by atoms with Crippen LogP contribution in [0.25, 0.3) is 0 Å². The number of aliphatic carboxylic acids is 1. The highest BCUT2D eigenvalue weighted by molar-refractivity contribution is 5.87. The van der Waals surface area contributed by atoms with Gasteiger partial charge in [-0.2, -0.15) is 13.2 Å². The minimum Gasteiger partial charge on any atom is -0.472 e. The van der Waals surface area contributed by atoms with Crippen LogP contribution in [0.4, 0.5) is 13.2 Å². The van der Waals surface area contributed by atoms with E-state index in [0.717, 1.165) is 0 Å². The fourth-order valence-corrected chi connectivity index (χ4v) is 1.47. The van der Waals surface area contributed by atoms with Gasteiger partial charge in [-0.15, -0.1) is 0 Å². The summed E-state index contributed by atoms with van der Waals surface area (Å²) in [5.74, 6) is 0.481. The van der Waals surface area contributed by atoms with Crippen LogP contribution in [0.3, 0.4) is 0 Å². The first-order valence-electron chi connectivity index (χ1n) is 4.44. The van der Waals surface area contributed by atoms with Gasteiger partial charge >= 0.3 is 18.1 Å². The Morgan fingerprint density at radius 3 is 2.50 bits per heavy atom. The van der Waals surface area contributed by atoms with Crippen molar-refractivity contribution in [3.05, 3.63) is 0 Å². The summed E-state index contributed by atoms with van der Waals surface area (Å²) in [6.45, 7) is -0.0443. The molecule has 1 rings (SSSR count). The van der Waals surface area contributed by atoms with E-state index in [9.17, 15) is 22.8 Å². The lowest BCUT2D eigenvalue weighted by Crippen LogP contribution is -2.43. The van der Waals surface area contributed by atoms with Gasteiger partial charge in [0.25, 0.3) is 0 Å². The molecule has 1 heterocycles. The van der Waals surface area contributed by atoms with Crippen LogP contribution in [-0.2, 0) is 9.59 Å². The topological polar surface area (TPSA) is 57.6 Å². The number of carboxylic acid groups (broad SMARTS) is 1. The summed E-state index contributed by atoms with van der Waals surface area (Å²) in [4.78, 5) is 21.6. The Morgan fingerprint density at radius 1 is 1.38 bits per heavy atom. The van der Waals surface area contributed by atoms with Crippen molar-refractivity contribution in [1.82, 2.24) is 4.90 Å². The predicted molar refractivity (Wildman–Crippen MR) is 46.2 cm³/mol. The van der Waals surface area contributed by atoms with Crippen molar-refractivity contribution < 1.29 is 27.9 Å². The molecular formula is C9H8F3NO3. The van der Waals surface area contributed by atoms with Gasteiger partial charge in [0.2, 0.25) is 0 Å². The van der Waals surface area contributed by atoms with Gasteiger partial charge in [0.05, 0.1) is 6.04 Å². The molecule has 1 aliphatic rings. The number of halogens is 3. The van der Waals surface area contributed by atoms with Crippen LogP contribution in [-0.4, -0.2) is 40.6 Å². The number of carbonyl (C=O) groups is 2. The number of alkyl halides is 3. The summed E-state index contributed by atoms with van der Waals surface area (Å²) in [6, 6.07) is -0.953. The van der Waals surface area contributed by atoms with Crippen molar-refractivity contribution >= 4 is 11.9 Å². The Hall–Kier alpha value is -1.71. The molecule has 1 N–H and O–H groups in total. The molecule has 0 spiro atoms. The smallest absolute Gasteiger partial charge is 0.471 e. The maximum Gasteiger partial charge on any atom is 0.471 e. The van der Waals surface area contributed by atoms with Crippen LogP contribution in [0, 0.1) is 11.8 Å². The van der Waals surface area contributed by atoms with E-state index in [0.29, 0.717) is 11.3 Å². The number of hydrogen-bond donors (Lipinski definition) is 1. The number of likely N-dealkylation sites (tertiary alicyclic amines) is 1. The van der Waals surface area contributed by atoms with E-state index in [2.05, 4.69) is 5.92 Å². The van der Waals surface area contributed by atoms with Crippen molar-refractivity contribution in [3.63, 3.8) is 0 Å². The summed E-state index contributed by atoms with van der Waals surface area (Å²) in [6.07, 6.45) is -4.28.